The van der Waals surface area contributed by atoms with Crippen molar-refractivity contribution in [3.63, 3.8) is 0 Å². The monoisotopic (exact) mass is 185 g/mol. The maximum absolute atomic E-state index is 5.37. The predicted molar refractivity (Wildman–Crippen MR) is 54.0 cm³/mol. The molecule has 0 aromatic carbocycles. The van der Waals surface area contributed by atoms with Crippen LogP contribution in [0, 0.1) is 16.7 Å². The Balaban J connectivity index is 1.96. The lowest BCUT2D eigenvalue weighted by Crippen LogP contribution is -2.17. The Bertz CT molecular complexity index is 445. The average Bonchev–Trinajstić information content (AvgIpc) is 2.59. The fourth-order valence-electron chi connectivity index (χ4n) is 3.65. The third-order valence-electron chi connectivity index (χ3n) is 4.24. The molecule has 2 nitrogen and oxygen atoms in total. The fourth-order valence-corrected chi connectivity index (χ4v) is 3.65. The van der Waals surface area contributed by atoms with Gasteiger partial charge in [-0.15, -0.1) is 0 Å². The molecule has 0 unspecified atom stereocenters. The number of hydrogen-bond donors (Lipinski definition) is 0. The van der Waals surface area contributed by atoms with Gasteiger partial charge in [-0.05, 0) is 0 Å². The van der Waals surface area contributed by atoms with E-state index in [0.717, 1.165) is 5.90 Å². The van der Waals surface area contributed by atoms with E-state index in [-0.39, 0.29) is 10.8 Å². The van der Waals surface area contributed by atoms with Crippen LogP contribution in [-0.2, 0) is 4.74 Å². The number of hydrogen-bond acceptors (Lipinski definition) is 2. The lowest BCUT2D eigenvalue weighted by molar-refractivity contribution is 0.383. The van der Waals surface area contributed by atoms with Crippen molar-refractivity contribution in [2.24, 2.45) is 21.7 Å². The van der Waals surface area contributed by atoms with Gasteiger partial charge in [-0.3, -0.25) is 0 Å². The van der Waals surface area contributed by atoms with E-state index in [4.69, 9.17) is 4.74 Å². The first kappa shape index (κ1) is 7.04. The van der Waals surface area contributed by atoms with Crippen molar-refractivity contribution in [1.82, 2.24) is 0 Å². The summed E-state index contributed by atoms with van der Waals surface area (Å²) in [6.07, 6.45) is 13.5. The van der Waals surface area contributed by atoms with Crippen LogP contribution < -0.4 is 0 Å². The highest BCUT2D eigenvalue weighted by Gasteiger charge is 2.83. The summed E-state index contributed by atoms with van der Waals surface area (Å²) in [5.74, 6) is 1.42. The van der Waals surface area contributed by atoms with Crippen LogP contribution in [0.2, 0.25) is 0 Å². The lowest BCUT2D eigenvalue weighted by Gasteiger charge is -2.17. The highest BCUT2D eigenvalue weighted by molar-refractivity contribution is 5.92. The third-order valence-corrected chi connectivity index (χ3v) is 4.24. The van der Waals surface area contributed by atoms with E-state index >= 15 is 0 Å². The standard InChI is InChI=1S/C12H11NO/c1-14-10-9-11-5-2-3-6-12(9,11)8(13-10)4-7-11/h2-9H,1H3/t8-,9-,11+,12+/m1/s1. The second-order valence-corrected chi connectivity index (χ2v) is 4.49. The van der Waals surface area contributed by atoms with E-state index in [0.29, 0.717) is 12.0 Å². The summed E-state index contributed by atoms with van der Waals surface area (Å²) >= 11 is 0. The van der Waals surface area contributed by atoms with E-state index in [2.05, 4.69) is 41.4 Å². The van der Waals surface area contributed by atoms with E-state index in [1.54, 1.807) is 7.11 Å². The minimum atomic E-state index is 0.222. The zero-order chi connectivity index (χ0) is 9.39. The summed E-state index contributed by atoms with van der Waals surface area (Å²) in [7, 11) is 1.73. The van der Waals surface area contributed by atoms with Crippen LogP contribution >= 0.6 is 0 Å². The van der Waals surface area contributed by atoms with Gasteiger partial charge in [0.1, 0.15) is 0 Å². The van der Waals surface area contributed by atoms with E-state index in [1.165, 1.54) is 0 Å². The molecule has 1 saturated carbocycles. The zero-order valence-corrected chi connectivity index (χ0v) is 7.97. The van der Waals surface area contributed by atoms with Crippen molar-refractivity contribution >= 4 is 5.90 Å². The van der Waals surface area contributed by atoms with Gasteiger partial charge in [0.15, 0.2) is 5.90 Å². The van der Waals surface area contributed by atoms with Crippen LogP contribution in [-0.4, -0.2) is 19.0 Å². The molecule has 1 spiro atoms. The molecule has 14 heavy (non-hydrogen) atoms. The summed E-state index contributed by atoms with van der Waals surface area (Å²) in [6, 6.07) is 0.323. The second-order valence-electron chi connectivity index (χ2n) is 4.49. The first-order valence-electron chi connectivity index (χ1n) is 5.03. The maximum Gasteiger partial charge on any atom is 0.189 e. The van der Waals surface area contributed by atoms with Crippen LogP contribution in [0.25, 0.3) is 0 Å². The van der Waals surface area contributed by atoms with E-state index < -0.39 is 0 Å². The number of nitrogens with zero attached hydrogens (tertiary/aromatic N) is 1. The van der Waals surface area contributed by atoms with Gasteiger partial charge in [0, 0.05) is 10.8 Å². The molecule has 0 amide bonds. The van der Waals surface area contributed by atoms with Crippen LogP contribution in [0.15, 0.2) is 41.4 Å². The van der Waals surface area contributed by atoms with Crippen LogP contribution in [0.1, 0.15) is 0 Å². The van der Waals surface area contributed by atoms with Crippen LogP contribution in [0.3, 0.4) is 0 Å². The quantitative estimate of drug-likeness (QED) is 0.526. The second kappa shape index (κ2) is 1.74. The van der Waals surface area contributed by atoms with Gasteiger partial charge >= 0.3 is 0 Å². The van der Waals surface area contributed by atoms with Crippen molar-refractivity contribution < 1.29 is 4.74 Å². The summed E-state index contributed by atoms with van der Waals surface area (Å²) in [5.41, 5.74) is 0.451. The molecular formula is C12H11NO. The lowest BCUT2D eigenvalue weighted by atomic mass is 9.89. The minimum Gasteiger partial charge on any atom is -0.484 e. The topological polar surface area (TPSA) is 21.6 Å². The Morgan fingerprint density at radius 2 is 2.14 bits per heavy atom. The molecule has 4 aliphatic rings. The van der Waals surface area contributed by atoms with Gasteiger partial charge in [-0.2, -0.15) is 0 Å². The number of methoxy groups -OCH3 is 1. The molecule has 70 valence electrons. The maximum atomic E-state index is 5.37. The summed E-state index contributed by atoms with van der Waals surface area (Å²) in [4.78, 5) is 4.59. The van der Waals surface area contributed by atoms with Crippen molar-refractivity contribution in [1.29, 1.82) is 0 Å². The van der Waals surface area contributed by atoms with Crippen molar-refractivity contribution in [2.45, 2.75) is 6.04 Å². The fraction of sp³-hybridized carbons (Fsp3) is 0.417. The summed E-state index contributed by atoms with van der Waals surface area (Å²) in [5, 5.41) is 0. The normalized spacial score (nSPS) is 54.2. The third kappa shape index (κ3) is 0.423. The molecule has 0 saturated heterocycles. The zero-order valence-electron chi connectivity index (χ0n) is 7.97. The van der Waals surface area contributed by atoms with Gasteiger partial charge in [0.2, 0.25) is 0 Å². The first-order valence-corrected chi connectivity index (χ1v) is 5.03. The average molecular weight is 185 g/mol. The molecule has 4 rings (SSSR count). The smallest absolute Gasteiger partial charge is 0.189 e. The highest BCUT2D eigenvalue weighted by Crippen LogP contribution is 2.80. The van der Waals surface area contributed by atoms with Crippen LogP contribution in [0.5, 0.6) is 0 Å². The summed E-state index contributed by atoms with van der Waals surface area (Å²) in [6.45, 7) is 0. The van der Waals surface area contributed by atoms with Crippen molar-refractivity contribution in [3.05, 3.63) is 36.5 Å². The molecule has 1 aliphatic heterocycles. The number of ether oxygens (including phenoxy) is 1. The predicted octanol–water partition coefficient (Wildman–Crippen LogP) is 1.71. The Morgan fingerprint density at radius 3 is 2.93 bits per heavy atom. The van der Waals surface area contributed by atoms with E-state index in [1.807, 2.05) is 0 Å². The molecule has 1 heterocycles. The number of allylic oxidation sites excluding steroid dienone is 4. The molecule has 0 aromatic heterocycles. The molecule has 0 aromatic rings. The molecule has 0 radical (unpaired) electrons. The molecular weight excluding hydrogens is 174 g/mol. The summed E-state index contributed by atoms with van der Waals surface area (Å²) < 4.78 is 5.37. The Kier molecular flexibility index (Phi) is 0.877. The molecule has 4 atom stereocenters. The first-order chi connectivity index (χ1) is 6.85. The molecule has 0 bridgehead atoms. The minimum absolute atomic E-state index is 0.222. The molecule has 0 N–H and O–H groups in total. The largest absolute Gasteiger partial charge is 0.484 e. The highest BCUT2D eigenvalue weighted by atomic mass is 16.5. The number of aliphatic imine (C=N–C) groups is 1. The molecule has 2 heteroatoms. The number of rotatable bonds is 0. The van der Waals surface area contributed by atoms with Gasteiger partial charge in [-0.1, -0.05) is 36.5 Å². The Hall–Kier alpha value is -1.31. The van der Waals surface area contributed by atoms with Crippen molar-refractivity contribution in [3.8, 4) is 0 Å². The molecule has 3 aliphatic carbocycles. The Labute approximate surface area is 82.7 Å². The van der Waals surface area contributed by atoms with Crippen molar-refractivity contribution in [2.75, 3.05) is 7.11 Å². The van der Waals surface area contributed by atoms with Gasteiger partial charge in [-0.25, -0.2) is 4.99 Å². The van der Waals surface area contributed by atoms with E-state index in [9.17, 15) is 0 Å². The molecule has 1 fully saturated rings. The van der Waals surface area contributed by atoms with Gasteiger partial charge in [0.05, 0.1) is 19.1 Å². The van der Waals surface area contributed by atoms with Crippen LogP contribution in [0.4, 0.5) is 0 Å². The Morgan fingerprint density at radius 1 is 1.29 bits per heavy atom. The van der Waals surface area contributed by atoms with Gasteiger partial charge < -0.3 is 4.74 Å². The van der Waals surface area contributed by atoms with Gasteiger partial charge in [0.25, 0.3) is 0 Å². The SMILES string of the molecule is COC1=N[C@@H]2C=C[C@]34C=CC=C[C@@]23[C@H]14.